The Morgan fingerprint density at radius 2 is 1.84 bits per heavy atom. The fraction of sp³-hybridized carbons (Fsp3) is 0.615. The van der Waals surface area contributed by atoms with Gasteiger partial charge in [-0.2, -0.15) is 0 Å². The normalized spacial score (nSPS) is 18.1. The molecule has 5 nitrogen and oxygen atoms in total. The third-order valence-corrected chi connectivity index (χ3v) is 6.77. The average Bonchev–Trinajstić information content (AvgIpc) is 3.01. The Morgan fingerprint density at radius 3 is 2.45 bits per heavy atom. The molecule has 168 valence electrons. The third-order valence-electron chi connectivity index (χ3n) is 6.77. The zero-order valence-electron chi connectivity index (χ0n) is 19.8. The van der Waals surface area contributed by atoms with E-state index in [9.17, 15) is 4.79 Å². The van der Waals surface area contributed by atoms with Gasteiger partial charge in [0.05, 0.1) is 24.8 Å². The van der Waals surface area contributed by atoms with E-state index in [0.717, 1.165) is 40.4 Å². The van der Waals surface area contributed by atoms with Crippen LogP contribution < -0.4 is 5.32 Å². The Kier molecular flexibility index (Phi) is 6.25. The summed E-state index contributed by atoms with van der Waals surface area (Å²) in [6.07, 6.45) is 6.54. The summed E-state index contributed by atoms with van der Waals surface area (Å²) >= 11 is 0. The van der Waals surface area contributed by atoms with Gasteiger partial charge >= 0.3 is 0 Å². The monoisotopic (exact) mass is 423 g/mol. The first-order valence-electron chi connectivity index (χ1n) is 11.8. The summed E-state index contributed by atoms with van der Waals surface area (Å²) < 4.78 is 7.62. The summed E-state index contributed by atoms with van der Waals surface area (Å²) in [6.45, 7) is 13.0. The van der Waals surface area contributed by atoms with Gasteiger partial charge < -0.3 is 14.6 Å². The van der Waals surface area contributed by atoms with Gasteiger partial charge in [-0.1, -0.05) is 40.0 Å². The Morgan fingerprint density at radius 1 is 1.13 bits per heavy atom. The van der Waals surface area contributed by atoms with E-state index in [1.807, 2.05) is 0 Å². The van der Waals surface area contributed by atoms with Crippen LogP contribution in [0.15, 0.2) is 18.2 Å². The van der Waals surface area contributed by atoms with E-state index >= 15 is 0 Å². The minimum absolute atomic E-state index is 0.0104. The zero-order chi connectivity index (χ0) is 22.2. The molecule has 2 aromatic rings. The summed E-state index contributed by atoms with van der Waals surface area (Å²) in [7, 11) is 0. The quantitative estimate of drug-likeness (QED) is 0.721. The molecular weight excluding hydrogens is 386 g/mol. The Hall–Kier alpha value is -2.14. The minimum atomic E-state index is -0.0268. The van der Waals surface area contributed by atoms with Gasteiger partial charge in [-0.25, -0.2) is 0 Å². The summed E-state index contributed by atoms with van der Waals surface area (Å²) in [5.74, 6) is 0.691. The number of aromatic nitrogens is 2. The number of nitrogens with one attached hydrogen (secondary N) is 1. The van der Waals surface area contributed by atoms with Gasteiger partial charge in [0.2, 0.25) is 0 Å². The van der Waals surface area contributed by atoms with Crippen LogP contribution in [0.3, 0.4) is 0 Å². The molecular formula is C26H37N3O2. The van der Waals surface area contributed by atoms with Crippen molar-refractivity contribution >= 4 is 5.91 Å². The summed E-state index contributed by atoms with van der Waals surface area (Å²) in [5.41, 5.74) is 6.21. The van der Waals surface area contributed by atoms with E-state index in [-0.39, 0.29) is 17.4 Å². The van der Waals surface area contributed by atoms with E-state index in [2.05, 4.69) is 62.7 Å². The van der Waals surface area contributed by atoms with Gasteiger partial charge in [-0.15, -0.1) is 0 Å². The summed E-state index contributed by atoms with van der Waals surface area (Å²) in [4.78, 5) is 17.9. The lowest BCUT2D eigenvalue weighted by molar-refractivity contribution is -0.00347. The van der Waals surface area contributed by atoms with Crippen LogP contribution in [0.25, 0.3) is 11.3 Å². The molecule has 5 heteroatoms. The lowest BCUT2D eigenvalue weighted by Gasteiger charge is -2.27. The second kappa shape index (κ2) is 8.78. The van der Waals surface area contributed by atoms with Crippen LogP contribution in [-0.4, -0.2) is 34.7 Å². The maximum Gasteiger partial charge on any atom is 0.253 e. The first-order chi connectivity index (χ1) is 14.7. The first-order valence-corrected chi connectivity index (χ1v) is 11.8. The molecule has 31 heavy (non-hydrogen) atoms. The standard InChI is InChI=1S/C26H37N3O2/c1-17-11-20(12-24(27-17)26(3,4)5)23-13-22(25(30)28-21-15-31-16-21)18(2)29(23)14-19-9-7-6-8-10-19/h11-13,19,21H,6-10,14-16H2,1-5H3,(H,28,30). The first kappa shape index (κ1) is 22.1. The van der Waals surface area contributed by atoms with Crippen LogP contribution in [0, 0.1) is 19.8 Å². The average molecular weight is 424 g/mol. The van der Waals surface area contributed by atoms with Crippen LogP contribution in [0.1, 0.15) is 80.3 Å². The second-order valence-electron chi connectivity index (χ2n) is 10.5. The molecule has 2 aromatic heterocycles. The topological polar surface area (TPSA) is 56.1 Å². The van der Waals surface area contributed by atoms with Crippen molar-refractivity contribution < 1.29 is 9.53 Å². The highest BCUT2D eigenvalue weighted by atomic mass is 16.5. The van der Waals surface area contributed by atoms with E-state index in [0.29, 0.717) is 19.1 Å². The fourth-order valence-electron chi connectivity index (χ4n) is 4.76. The Balaban J connectivity index is 1.75. The molecule has 1 saturated carbocycles. The predicted molar refractivity (Wildman–Crippen MR) is 124 cm³/mol. The molecule has 0 radical (unpaired) electrons. The van der Waals surface area contributed by atoms with Crippen molar-refractivity contribution in [1.82, 2.24) is 14.9 Å². The van der Waals surface area contributed by atoms with Crippen LogP contribution in [0.4, 0.5) is 0 Å². The van der Waals surface area contributed by atoms with Crippen molar-refractivity contribution in [2.45, 2.75) is 84.7 Å². The molecule has 0 spiro atoms. The predicted octanol–water partition coefficient (Wildman–Crippen LogP) is 5.17. The molecule has 1 aliphatic heterocycles. The summed E-state index contributed by atoms with van der Waals surface area (Å²) in [5, 5.41) is 3.13. The molecule has 0 atom stereocenters. The molecule has 2 aliphatic rings. The SMILES string of the molecule is Cc1cc(-c2cc(C(=O)NC3COC3)c(C)n2CC2CCCCC2)cc(C(C)(C)C)n1. The van der Waals surface area contributed by atoms with Gasteiger partial charge in [-0.3, -0.25) is 9.78 Å². The van der Waals surface area contributed by atoms with Crippen molar-refractivity contribution in [2.24, 2.45) is 5.92 Å². The van der Waals surface area contributed by atoms with Crippen molar-refractivity contribution in [3.8, 4) is 11.3 Å². The highest BCUT2D eigenvalue weighted by Gasteiger charge is 2.26. The maximum atomic E-state index is 13.1. The number of hydrogen-bond donors (Lipinski definition) is 1. The molecule has 1 N–H and O–H groups in total. The minimum Gasteiger partial charge on any atom is -0.377 e. The molecule has 1 amide bonds. The smallest absolute Gasteiger partial charge is 0.253 e. The van der Waals surface area contributed by atoms with E-state index in [4.69, 9.17) is 9.72 Å². The molecule has 0 unspecified atom stereocenters. The van der Waals surface area contributed by atoms with Gasteiger partial charge in [0, 0.05) is 40.3 Å². The Bertz CT molecular complexity index is 944. The number of pyridine rings is 1. The number of nitrogens with zero attached hydrogens (tertiary/aromatic N) is 2. The van der Waals surface area contributed by atoms with E-state index < -0.39 is 0 Å². The van der Waals surface area contributed by atoms with Crippen LogP contribution in [-0.2, 0) is 16.7 Å². The Labute approximate surface area is 186 Å². The highest BCUT2D eigenvalue weighted by Crippen LogP contribution is 2.33. The number of carbonyl (C=O) groups is 1. The lowest BCUT2D eigenvalue weighted by Crippen LogP contribution is -2.48. The van der Waals surface area contributed by atoms with Gasteiger partial charge in [-0.05, 0) is 50.8 Å². The molecule has 1 saturated heterocycles. The van der Waals surface area contributed by atoms with Crippen molar-refractivity contribution in [2.75, 3.05) is 13.2 Å². The van der Waals surface area contributed by atoms with Gasteiger partial charge in [0.15, 0.2) is 0 Å². The highest BCUT2D eigenvalue weighted by molar-refractivity contribution is 5.97. The molecule has 4 rings (SSSR count). The number of amides is 1. The van der Waals surface area contributed by atoms with Gasteiger partial charge in [0.25, 0.3) is 5.91 Å². The molecule has 0 aromatic carbocycles. The molecule has 3 heterocycles. The summed E-state index contributed by atoms with van der Waals surface area (Å²) in [6, 6.07) is 6.59. The largest absolute Gasteiger partial charge is 0.377 e. The fourth-order valence-corrected chi connectivity index (χ4v) is 4.76. The van der Waals surface area contributed by atoms with Crippen LogP contribution in [0.5, 0.6) is 0 Å². The molecule has 2 fully saturated rings. The van der Waals surface area contributed by atoms with Crippen molar-refractivity contribution in [3.05, 3.63) is 40.8 Å². The molecule has 0 bridgehead atoms. The number of carbonyl (C=O) groups excluding carboxylic acids is 1. The van der Waals surface area contributed by atoms with Crippen molar-refractivity contribution in [3.63, 3.8) is 0 Å². The van der Waals surface area contributed by atoms with E-state index in [1.165, 1.54) is 32.1 Å². The van der Waals surface area contributed by atoms with Crippen LogP contribution >= 0.6 is 0 Å². The number of ether oxygens (including phenoxy) is 1. The van der Waals surface area contributed by atoms with Gasteiger partial charge in [0.1, 0.15) is 0 Å². The number of hydrogen-bond acceptors (Lipinski definition) is 3. The second-order valence-corrected chi connectivity index (χ2v) is 10.5. The number of rotatable bonds is 5. The molecule has 1 aliphatic carbocycles. The lowest BCUT2D eigenvalue weighted by atomic mass is 9.89. The third kappa shape index (κ3) is 4.87. The van der Waals surface area contributed by atoms with E-state index in [1.54, 1.807) is 0 Å². The number of aryl methyl sites for hydroxylation is 1. The van der Waals surface area contributed by atoms with Crippen LogP contribution in [0.2, 0.25) is 0 Å². The zero-order valence-corrected chi connectivity index (χ0v) is 19.8. The maximum absolute atomic E-state index is 13.1. The van der Waals surface area contributed by atoms with Crippen molar-refractivity contribution in [1.29, 1.82) is 0 Å².